The maximum Gasteiger partial charge on any atom is 0.291 e. The maximum absolute atomic E-state index is 12.0. The topological polar surface area (TPSA) is 81.4 Å². The van der Waals surface area contributed by atoms with Gasteiger partial charge in [-0.3, -0.25) is 4.79 Å². The number of aryl methyl sites for hydroxylation is 2. The molecule has 0 radical (unpaired) electrons. The molecule has 2 aromatic rings. The number of nitrogens with one attached hydrogen (secondary N) is 1. The van der Waals surface area contributed by atoms with Crippen LogP contribution in [0.3, 0.4) is 0 Å². The molecule has 0 unspecified atom stereocenters. The zero-order valence-corrected chi connectivity index (χ0v) is 13.0. The van der Waals surface area contributed by atoms with Gasteiger partial charge >= 0.3 is 0 Å². The Balaban J connectivity index is 1.50. The third-order valence-corrected chi connectivity index (χ3v) is 3.62. The van der Waals surface area contributed by atoms with Gasteiger partial charge in [0.25, 0.3) is 11.7 Å². The van der Waals surface area contributed by atoms with Crippen molar-refractivity contribution in [2.75, 3.05) is 19.8 Å². The predicted octanol–water partition coefficient (Wildman–Crippen LogP) is 1.29. The largest absolute Gasteiger partial charge is 0.381 e. The van der Waals surface area contributed by atoms with Gasteiger partial charge in [0.15, 0.2) is 0 Å². The van der Waals surface area contributed by atoms with Crippen LogP contribution in [0.4, 0.5) is 0 Å². The van der Waals surface area contributed by atoms with E-state index in [9.17, 15) is 4.79 Å². The van der Waals surface area contributed by atoms with Crippen LogP contribution in [0, 0.1) is 19.8 Å². The van der Waals surface area contributed by atoms with Crippen molar-refractivity contribution in [3.8, 4) is 0 Å². The summed E-state index contributed by atoms with van der Waals surface area (Å²) in [7, 11) is 0. The molecule has 22 heavy (non-hydrogen) atoms. The Labute approximate surface area is 129 Å². The molecule has 118 valence electrons. The van der Waals surface area contributed by atoms with E-state index in [1.807, 2.05) is 19.9 Å². The number of amides is 1. The second-order valence-corrected chi connectivity index (χ2v) is 5.81. The summed E-state index contributed by atoms with van der Waals surface area (Å²) in [6.45, 7) is 5.89. The standard InChI is InChI=1S/C15H21N5O2/c1-10-8-11(2)20-15(17-10)18-13(19-20)14(21)16-6-3-7-22-9-12-4-5-12/h8,12H,3-7,9H2,1-2H3,(H,16,21). The number of ether oxygens (including phenoxy) is 1. The minimum Gasteiger partial charge on any atom is -0.381 e. The summed E-state index contributed by atoms with van der Waals surface area (Å²) < 4.78 is 7.11. The predicted molar refractivity (Wildman–Crippen MR) is 80.7 cm³/mol. The molecule has 1 amide bonds. The molecule has 7 heteroatoms. The van der Waals surface area contributed by atoms with Crippen LogP contribution >= 0.6 is 0 Å². The maximum atomic E-state index is 12.0. The second-order valence-electron chi connectivity index (χ2n) is 5.81. The lowest BCUT2D eigenvalue weighted by Crippen LogP contribution is -2.26. The first-order chi connectivity index (χ1) is 10.6. The molecular formula is C15H21N5O2. The molecule has 1 N–H and O–H groups in total. The molecule has 1 saturated carbocycles. The Bertz CT molecular complexity index is 678. The van der Waals surface area contributed by atoms with Crippen molar-refractivity contribution in [3.05, 3.63) is 23.3 Å². The molecule has 1 aliphatic carbocycles. The van der Waals surface area contributed by atoms with Gasteiger partial charge < -0.3 is 10.1 Å². The van der Waals surface area contributed by atoms with Crippen LogP contribution in [-0.2, 0) is 4.74 Å². The number of hydrogen-bond donors (Lipinski definition) is 1. The van der Waals surface area contributed by atoms with E-state index >= 15 is 0 Å². The zero-order chi connectivity index (χ0) is 15.5. The molecule has 0 saturated heterocycles. The highest BCUT2D eigenvalue weighted by Gasteiger charge is 2.20. The minimum atomic E-state index is -0.273. The number of aromatic nitrogens is 4. The van der Waals surface area contributed by atoms with Gasteiger partial charge in [-0.25, -0.2) is 9.50 Å². The average molecular weight is 303 g/mol. The molecule has 2 aromatic heterocycles. The van der Waals surface area contributed by atoms with Crippen LogP contribution in [-0.4, -0.2) is 45.2 Å². The van der Waals surface area contributed by atoms with Gasteiger partial charge in [0.05, 0.1) is 0 Å². The summed E-state index contributed by atoms with van der Waals surface area (Å²) in [6.07, 6.45) is 3.38. The highest BCUT2D eigenvalue weighted by molar-refractivity contribution is 5.90. The smallest absolute Gasteiger partial charge is 0.291 e. The first-order valence-corrected chi connectivity index (χ1v) is 7.70. The van der Waals surface area contributed by atoms with Crippen molar-refractivity contribution in [2.45, 2.75) is 33.1 Å². The summed E-state index contributed by atoms with van der Waals surface area (Å²) >= 11 is 0. The van der Waals surface area contributed by atoms with Gasteiger partial charge in [0.2, 0.25) is 5.82 Å². The summed E-state index contributed by atoms with van der Waals surface area (Å²) in [5.41, 5.74) is 1.76. The third kappa shape index (κ3) is 3.59. The molecule has 0 atom stereocenters. The highest BCUT2D eigenvalue weighted by Crippen LogP contribution is 2.28. The van der Waals surface area contributed by atoms with E-state index in [2.05, 4.69) is 20.4 Å². The fourth-order valence-corrected chi connectivity index (χ4v) is 2.25. The second kappa shape index (κ2) is 6.39. The molecule has 0 bridgehead atoms. The molecule has 3 rings (SSSR count). The van der Waals surface area contributed by atoms with Crippen molar-refractivity contribution in [3.63, 3.8) is 0 Å². The first kappa shape index (κ1) is 14.9. The Morgan fingerprint density at radius 3 is 3.00 bits per heavy atom. The van der Waals surface area contributed by atoms with Crippen LogP contribution in [0.2, 0.25) is 0 Å². The molecule has 2 heterocycles. The summed E-state index contributed by atoms with van der Waals surface area (Å²) in [5.74, 6) is 1.11. The number of fused-ring (bicyclic) bond motifs is 1. The van der Waals surface area contributed by atoms with Crippen molar-refractivity contribution < 1.29 is 9.53 Å². The van der Waals surface area contributed by atoms with Crippen molar-refractivity contribution in [1.29, 1.82) is 0 Å². The van der Waals surface area contributed by atoms with E-state index in [0.29, 0.717) is 18.9 Å². The zero-order valence-electron chi connectivity index (χ0n) is 13.0. The summed E-state index contributed by atoms with van der Waals surface area (Å²) in [6, 6.07) is 1.90. The average Bonchev–Trinajstić information content (AvgIpc) is 3.19. The van der Waals surface area contributed by atoms with E-state index in [-0.39, 0.29) is 11.7 Å². The number of carbonyl (C=O) groups is 1. The van der Waals surface area contributed by atoms with Gasteiger partial charge in [-0.1, -0.05) is 0 Å². The molecule has 0 aromatic carbocycles. The van der Waals surface area contributed by atoms with Gasteiger partial charge in [-0.05, 0) is 45.1 Å². The quantitative estimate of drug-likeness (QED) is 0.779. The number of rotatable bonds is 7. The van der Waals surface area contributed by atoms with E-state index in [4.69, 9.17) is 4.74 Å². The van der Waals surface area contributed by atoms with Crippen molar-refractivity contribution in [1.82, 2.24) is 24.9 Å². The van der Waals surface area contributed by atoms with E-state index < -0.39 is 0 Å². The lowest BCUT2D eigenvalue weighted by atomic mass is 10.4. The van der Waals surface area contributed by atoms with Crippen LogP contribution in [0.5, 0.6) is 0 Å². The van der Waals surface area contributed by atoms with Crippen molar-refractivity contribution >= 4 is 11.7 Å². The Hall–Kier alpha value is -2.02. The monoisotopic (exact) mass is 303 g/mol. The normalized spacial score (nSPS) is 14.5. The van der Waals surface area contributed by atoms with Crippen LogP contribution in [0.25, 0.3) is 5.78 Å². The number of nitrogens with zero attached hydrogens (tertiary/aromatic N) is 4. The van der Waals surface area contributed by atoms with Gasteiger partial charge in [-0.2, -0.15) is 4.98 Å². The van der Waals surface area contributed by atoms with E-state index in [1.54, 1.807) is 4.52 Å². The summed E-state index contributed by atoms with van der Waals surface area (Å²) in [5, 5.41) is 7.01. The Morgan fingerprint density at radius 2 is 2.23 bits per heavy atom. The molecule has 0 aliphatic heterocycles. The molecular weight excluding hydrogens is 282 g/mol. The molecule has 0 spiro atoms. The van der Waals surface area contributed by atoms with Crippen LogP contribution in [0.15, 0.2) is 6.07 Å². The van der Waals surface area contributed by atoms with Gasteiger partial charge in [0.1, 0.15) is 0 Å². The van der Waals surface area contributed by atoms with Gasteiger partial charge in [0, 0.05) is 31.1 Å². The van der Waals surface area contributed by atoms with Gasteiger partial charge in [-0.15, -0.1) is 5.10 Å². The number of carbonyl (C=O) groups excluding carboxylic acids is 1. The van der Waals surface area contributed by atoms with Crippen LogP contribution < -0.4 is 5.32 Å². The fourth-order valence-electron chi connectivity index (χ4n) is 2.25. The van der Waals surface area contributed by atoms with E-state index in [1.165, 1.54) is 12.8 Å². The Kier molecular flexibility index (Phi) is 4.33. The minimum absolute atomic E-state index is 0.153. The summed E-state index contributed by atoms with van der Waals surface area (Å²) in [4.78, 5) is 20.5. The number of hydrogen-bond acceptors (Lipinski definition) is 5. The first-order valence-electron chi connectivity index (χ1n) is 7.70. The molecule has 7 nitrogen and oxygen atoms in total. The third-order valence-electron chi connectivity index (χ3n) is 3.62. The Morgan fingerprint density at radius 1 is 1.41 bits per heavy atom. The SMILES string of the molecule is Cc1cc(C)n2nc(C(=O)NCCCOCC3CC3)nc2n1. The lowest BCUT2D eigenvalue weighted by Gasteiger charge is -2.03. The lowest BCUT2D eigenvalue weighted by molar-refractivity contribution is 0.0927. The fraction of sp³-hybridized carbons (Fsp3) is 0.600. The van der Waals surface area contributed by atoms with Crippen LogP contribution in [0.1, 0.15) is 41.3 Å². The van der Waals surface area contributed by atoms with Crippen molar-refractivity contribution in [2.24, 2.45) is 5.92 Å². The molecule has 1 aliphatic rings. The highest BCUT2D eigenvalue weighted by atomic mass is 16.5. The van der Waals surface area contributed by atoms with E-state index in [0.717, 1.165) is 30.3 Å². The molecule has 1 fully saturated rings.